The van der Waals surface area contributed by atoms with Gasteiger partial charge in [0.15, 0.2) is 0 Å². The Bertz CT molecular complexity index is 403. The molecule has 17 heavy (non-hydrogen) atoms. The minimum atomic E-state index is -0.304. The van der Waals surface area contributed by atoms with Crippen molar-refractivity contribution in [1.29, 1.82) is 0 Å². The smallest absolute Gasteiger partial charge is 0.142 e. The molecule has 96 valence electrons. The first kappa shape index (κ1) is 13.8. The average molecular weight is 240 g/mol. The van der Waals surface area contributed by atoms with Gasteiger partial charge in [0.05, 0.1) is 5.69 Å². The van der Waals surface area contributed by atoms with E-state index < -0.39 is 0 Å². The first-order chi connectivity index (χ1) is 7.74. The third-order valence-electron chi connectivity index (χ3n) is 3.08. The molecule has 1 aromatic carbocycles. The van der Waals surface area contributed by atoms with Gasteiger partial charge in [-0.1, -0.05) is 0 Å². The summed E-state index contributed by atoms with van der Waals surface area (Å²) in [4.78, 5) is 2.07. The van der Waals surface area contributed by atoms with Crippen molar-refractivity contribution in [2.24, 2.45) is 0 Å². The molecule has 0 radical (unpaired) electrons. The number of likely N-dealkylation sites (N-methyl/N-ethyl adjacent to an activating group) is 1. The molecule has 0 saturated heterocycles. The lowest BCUT2D eigenvalue weighted by Crippen LogP contribution is -2.43. The third-order valence-corrected chi connectivity index (χ3v) is 3.08. The van der Waals surface area contributed by atoms with E-state index >= 15 is 0 Å². The van der Waals surface area contributed by atoms with Crippen molar-refractivity contribution in [2.45, 2.75) is 26.3 Å². The van der Waals surface area contributed by atoms with E-state index in [1.807, 2.05) is 14.1 Å². The lowest BCUT2D eigenvalue weighted by molar-refractivity contribution is 0.114. The Hall–Kier alpha value is -1.29. The second kappa shape index (κ2) is 4.92. The van der Waals surface area contributed by atoms with Crippen molar-refractivity contribution in [3.63, 3.8) is 0 Å². The molecule has 0 amide bonds. The molecule has 0 heterocycles. The number of aryl methyl sites for hydroxylation is 1. The number of anilines is 1. The maximum atomic E-state index is 13.2. The number of nitrogens with zero attached hydrogens (tertiary/aromatic N) is 1. The third kappa shape index (κ3) is 3.33. The van der Waals surface area contributed by atoms with Gasteiger partial charge in [-0.3, -0.25) is 0 Å². The van der Waals surface area contributed by atoms with Crippen molar-refractivity contribution in [1.82, 2.24) is 4.90 Å². The Labute approximate surface area is 102 Å². The molecule has 1 aromatic rings. The zero-order valence-corrected chi connectivity index (χ0v) is 11.2. The predicted molar refractivity (Wildman–Crippen MR) is 68.8 cm³/mol. The van der Waals surface area contributed by atoms with Crippen LogP contribution in [0.2, 0.25) is 0 Å². The number of benzene rings is 1. The van der Waals surface area contributed by atoms with Gasteiger partial charge in [-0.15, -0.1) is 0 Å². The van der Waals surface area contributed by atoms with Gasteiger partial charge in [-0.05, 0) is 46.5 Å². The van der Waals surface area contributed by atoms with Crippen molar-refractivity contribution >= 4 is 5.69 Å². The zero-order valence-electron chi connectivity index (χ0n) is 11.2. The highest BCUT2D eigenvalue weighted by Gasteiger charge is 2.21. The highest BCUT2D eigenvalue weighted by atomic mass is 19.1. The number of ether oxygens (including phenoxy) is 1. The largest absolute Gasteiger partial charge is 0.490 e. The van der Waals surface area contributed by atoms with Crippen LogP contribution in [0.3, 0.4) is 0 Å². The number of nitrogens with two attached hydrogens (primary N) is 1. The average Bonchev–Trinajstić information content (AvgIpc) is 2.21. The van der Waals surface area contributed by atoms with Crippen LogP contribution in [-0.4, -0.2) is 31.1 Å². The minimum absolute atomic E-state index is 0.102. The summed E-state index contributed by atoms with van der Waals surface area (Å²) in [5, 5.41) is 0. The Morgan fingerprint density at radius 1 is 1.35 bits per heavy atom. The Kier molecular flexibility index (Phi) is 3.98. The van der Waals surface area contributed by atoms with Crippen LogP contribution in [0.15, 0.2) is 12.1 Å². The van der Waals surface area contributed by atoms with E-state index in [1.165, 1.54) is 6.07 Å². The molecular weight excluding hydrogens is 219 g/mol. The maximum absolute atomic E-state index is 13.2. The molecule has 2 N–H and O–H groups in total. The van der Waals surface area contributed by atoms with E-state index in [4.69, 9.17) is 10.5 Å². The van der Waals surface area contributed by atoms with E-state index in [1.54, 1.807) is 13.0 Å². The van der Waals surface area contributed by atoms with Crippen molar-refractivity contribution in [3.05, 3.63) is 23.5 Å². The first-order valence-electron chi connectivity index (χ1n) is 5.60. The number of hydrogen-bond acceptors (Lipinski definition) is 3. The summed E-state index contributed by atoms with van der Waals surface area (Å²) in [5.41, 5.74) is 6.49. The van der Waals surface area contributed by atoms with Crippen LogP contribution >= 0.6 is 0 Å². The molecule has 0 aliphatic rings. The van der Waals surface area contributed by atoms with Gasteiger partial charge in [0.2, 0.25) is 0 Å². The van der Waals surface area contributed by atoms with Gasteiger partial charge in [0.1, 0.15) is 18.2 Å². The summed E-state index contributed by atoms with van der Waals surface area (Å²) in [6.45, 7) is 6.33. The van der Waals surface area contributed by atoms with Gasteiger partial charge < -0.3 is 15.4 Å². The molecule has 0 saturated carbocycles. The molecule has 0 atom stereocenters. The number of hydrogen-bond donors (Lipinski definition) is 1. The van der Waals surface area contributed by atoms with Crippen LogP contribution in [0.25, 0.3) is 0 Å². The molecular formula is C13H21FN2O. The van der Waals surface area contributed by atoms with Crippen LogP contribution in [0, 0.1) is 12.7 Å². The molecule has 0 unspecified atom stereocenters. The predicted octanol–water partition coefficient (Wildman–Crippen LogP) is 2.44. The fourth-order valence-electron chi connectivity index (χ4n) is 1.18. The van der Waals surface area contributed by atoms with Gasteiger partial charge >= 0.3 is 0 Å². The van der Waals surface area contributed by atoms with Crippen molar-refractivity contribution < 1.29 is 9.13 Å². The standard InChI is InChI=1S/C13H21FN2O/c1-9-6-12(11(15)7-10(9)14)17-8-13(2,3)16(4)5/h6-7H,8,15H2,1-5H3. The van der Waals surface area contributed by atoms with Crippen LogP contribution in [0.4, 0.5) is 10.1 Å². The molecule has 4 heteroatoms. The molecule has 1 rings (SSSR count). The van der Waals surface area contributed by atoms with Crippen LogP contribution in [0.5, 0.6) is 5.75 Å². The first-order valence-corrected chi connectivity index (χ1v) is 5.60. The van der Waals surface area contributed by atoms with Crippen molar-refractivity contribution in [3.8, 4) is 5.75 Å². The molecule has 0 aromatic heterocycles. The summed E-state index contributed by atoms with van der Waals surface area (Å²) in [5.74, 6) is 0.237. The summed E-state index contributed by atoms with van der Waals surface area (Å²) in [6.07, 6.45) is 0. The van der Waals surface area contributed by atoms with Gasteiger partial charge in [0.25, 0.3) is 0 Å². The normalized spacial score (nSPS) is 11.9. The Morgan fingerprint density at radius 3 is 2.47 bits per heavy atom. The molecule has 0 bridgehead atoms. The topological polar surface area (TPSA) is 38.5 Å². The van der Waals surface area contributed by atoms with E-state index in [2.05, 4.69) is 18.7 Å². The number of halogens is 1. The molecule has 0 fully saturated rings. The molecule has 3 nitrogen and oxygen atoms in total. The zero-order chi connectivity index (χ0) is 13.2. The van der Waals surface area contributed by atoms with E-state index in [0.717, 1.165) is 0 Å². The van der Waals surface area contributed by atoms with Crippen LogP contribution < -0.4 is 10.5 Å². The fraction of sp³-hybridized carbons (Fsp3) is 0.538. The van der Waals surface area contributed by atoms with E-state index in [9.17, 15) is 4.39 Å². The van der Waals surface area contributed by atoms with E-state index in [0.29, 0.717) is 23.6 Å². The van der Waals surface area contributed by atoms with Crippen LogP contribution in [-0.2, 0) is 0 Å². The summed E-state index contributed by atoms with van der Waals surface area (Å²) < 4.78 is 18.9. The Balaban J connectivity index is 2.80. The quantitative estimate of drug-likeness (QED) is 0.821. The minimum Gasteiger partial charge on any atom is -0.490 e. The summed E-state index contributed by atoms with van der Waals surface area (Å²) in [6, 6.07) is 2.93. The highest BCUT2D eigenvalue weighted by molar-refractivity contribution is 5.54. The highest BCUT2D eigenvalue weighted by Crippen LogP contribution is 2.26. The Morgan fingerprint density at radius 2 is 1.94 bits per heavy atom. The molecule has 0 aliphatic carbocycles. The molecule has 0 spiro atoms. The van der Waals surface area contributed by atoms with E-state index in [-0.39, 0.29) is 11.4 Å². The fourth-order valence-corrected chi connectivity index (χ4v) is 1.18. The van der Waals surface area contributed by atoms with Gasteiger partial charge in [0, 0.05) is 11.6 Å². The lowest BCUT2D eigenvalue weighted by atomic mass is 10.1. The molecule has 0 aliphatic heterocycles. The number of nitrogen functional groups attached to an aromatic ring is 1. The monoisotopic (exact) mass is 240 g/mol. The number of rotatable bonds is 4. The summed E-state index contributed by atoms with van der Waals surface area (Å²) in [7, 11) is 3.98. The van der Waals surface area contributed by atoms with Crippen LogP contribution in [0.1, 0.15) is 19.4 Å². The van der Waals surface area contributed by atoms with Gasteiger partial charge in [-0.2, -0.15) is 0 Å². The second-order valence-electron chi connectivity index (χ2n) is 5.13. The summed E-state index contributed by atoms with van der Waals surface area (Å²) >= 11 is 0. The van der Waals surface area contributed by atoms with Crippen molar-refractivity contribution in [2.75, 3.05) is 26.4 Å². The van der Waals surface area contributed by atoms with Gasteiger partial charge in [-0.25, -0.2) is 4.39 Å². The second-order valence-corrected chi connectivity index (χ2v) is 5.13. The maximum Gasteiger partial charge on any atom is 0.142 e. The SMILES string of the molecule is Cc1cc(OCC(C)(C)N(C)C)c(N)cc1F. The lowest BCUT2D eigenvalue weighted by Gasteiger charge is -2.32.